The first kappa shape index (κ1) is 24.2. The summed E-state index contributed by atoms with van der Waals surface area (Å²) in [7, 11) is 1.63. The Balaban J connectivity index is 1.50. The topological polar surface area (TPSA) is 71.4 Å². The summed E-state index contributed by atoms with van der Waals surface area (Å²) in [6, 6.07) is 15.1. The molecule has 180 valence electrons. The lowest BCUT2D eigenvalue weighted by Gasteiger charge is -2.31. The SMILES string of the molecule is CCOC(=O)C1CCN(CC(=O)N2N=C(c3cccc(OC)c3)C[C@H]2c2ccc(Cl)cc2)CC1. The fraction of sp³-hybridized carbons (Fsp3) is 0.423. The molecule has 34 heavy (non-hydrogen) atoms. The number of halogens is 1. The summed E-state index contributed by atoms with van der Waals surface area (Å²) >= 11 is 6.10. The lowest BCUT2D eigenvalue weighted by atomic mass is 9.97. The summed E-state index contributed by atoms with van der Waals surface area (Å²) in [4.78, 5) is 27.5. The third kappa shape index (κ3) is 5.59. The maximum atomic E-state index is 13.4. The number of hydrazone groups is 1. The van der Waals surface area contributed by atoms with Crippen molar-refractivity contribution in [3.63, 3.8) is 0 Å². The van der Waals surface area contributed by atoms with Crippen molar-refractivity contribution in [1.82, 2.24) is 9.91 Å². The second kappa shape index (κ2) is 11.0. The number of esters is 1. The minimum atomic E-state index is -0.206. The molecule has 4 rings (SSSR count). The van der Waals surface area contributed by atoms with Crippen molar-refractivity contribution in [2.75, 3.05) is 33.4 Å². The van der Waals surface area contributed by atoms with Crippen LogP contribution in [-0.2, 0) is 14.3 Å². The summed E-state index contributed by atoms with van der Waals surface area (Å²) < 4.78 is 10.5. The Kier molecular flexibility index (Phi) is 7.85. The standard InChI is InChI=1S/C26H30ClN3O4/c1-3-34-26(32)19-11-13-29(14-12-19)17-25(31)30-24(18-7-9-21(27)10-8-18)16-23(28-30)20-5-4-6-22(15-20)33-2/h4-10,15,19,24H,3,11-14,16-17H2,1-2H3/t24-/m0/s1. The molecular weight excluding hydrogens is 454 g/mol. The molecule has 7 nitrogen and oxygen atoms in total. The van der Waals surface area contributed by atoms with Gasteiger partial charge in [0.15, 0.2) is 0 Å². The average Bonchev–Trinajstić information content (AvgIpc) is 3.31. The molecule has 2 aromatic carbocycles. The fourth-order valence-corrected chi connectivity index (χ4v) is 4.64. The van der Waals surface area contributed by atoms with Gasteiger partial charge in [0.25, 0.3) is 5.91 Å². The molecule has 2 aliphatic heterocycles. The Bertz CT molecular complexity index is 1050. The van der Waals surface area contributed by atoms with Gasteiger partial charge in [-0.15, -0.1) is 0 Å². The van der Waals surface area contributed by atoms with Crippen LogP contribution in [0.1, 0.15) is 43.4 Å². The van der Waals surface area contributed by atoms with Crippen LogP contribution in [0.3, 0.4) is 0 Å². The molecule has 0 radical (unpaired) electrons. The van der Waals surface area contributed by atoms with E-state index in [1.54, 1.807) is 12.1 Å². The summed E-state index contributed by atoms with van der Waals surface area (Å²) in [6.07, 6.45) is 2.00. The molecule has 2 aromatic rings. The van der Waals surface area contributed by atoms with Gasteiger partial charge in [-0.25, -0.2) is 5.01 Å². The second-order valence-corrected chi connectivity index (χ2v) is 9.03. The monoisotopic (exact) mass is 483 g/mol. The van der Waals surface area contributed by atoms with E-state index in [0.29, 0.717) is 44.0 Å². The summed E-state index contributed by atoms with van der Waals surface area (Å²) in [5.74, 6) is 0.464. The number of likely N-dealkylation sites (tertiary alicyclic amines) is 1. The molecule has 0 aromatic heterocycles. The van der Waals surface area contributed by atoms with Gasteiger partial charge in [-0.3, -0.25) is 14.5 Å². The highest BCUT2D eigenvalue weighted by Gasteiger charge is 2.35. The van der Waals surface area contributed by atoms with Gasteiger partial charge in [0.2, 0.25) is 0 Å². The number of rotatable bonds is 7. The minimum Gasteiger partial charge on any atom is -0.497 e. The van der Waals surface area contributed by atoms with Crippen molar-refractivity contribution in [1.29, 1.82) is 0 Å². The van der Waals surface area contributed by atoms with Crippen LogP contribution in [0.5, 0.6) is 5.75 Å². The zero-order chi connectivity index (χ0) is 24.1. The summed E-state index contributed by atoms with van der Waals surface area (Å²) in [5, 5.41) is 7.02. The molecule has 0 unspecified atom stereocenters. The van der Waals surface area contributed by atoms with Crippen molar-refractivity contribution in [3.8, 4) is 5.75 Å². The number of amides is 1. The van der Waals surface area contributed by atoms with Crippen molar-refractivity contribution < 1.29 is 19.1 Å². The first-order valence-corrected chi connectivity index (χ1v) is 12.0. The lowest BCUT2D eigenvalue weighted by Crippen LogP contribution is -2.43. The van der Waals surface area contributed by atoms with E-state index < -0.39 is 0 Å². The first-order chi connectivity index (χ1) is 16.5. The van der Waals surface area contributed by atoms with Gasteiger partial charge in [-0.05, 0) is 62.7 Å². The molecule has 0 N–H and O–H groups in total. The molecule has 0 spiro atoms. The zero-order valence-electron chi connectivity index (χ0n) is 19.6. The third-order valence-electron chi connectivity index (χ3n) is 6.39. The maximum Gasteiger partial charge on any atom is 0.309 e. The Hall–Kier alpha value is -2.90. The van der Waals surface area contributed by atoms with E-state index in [0.717, 1.165) is 22.6 Å². The number of nitrogens with zero attached hydrogens (tertiary/aromatic N) is 3. The van der Waals surface area contributed by atoms with Crippen molar-refractivity contribution in [3.05, 3.63) is 64.7 Å². The number of carbonyl (C=O) groups is 2. The molecule has 2 heterocycles. The van der Waals surface area contributed by atoms with Crippen LogP contribution in [0, 0.1) is 5.92 Å². The molecule has 1 fully saturated rings. The number of hydrogen-bond donors (Lipinski definition) is 0. The van der Waals surface area contributed by atoms with Gasteiger partial charge < -0.3 is 9.47 Å². The Labute approximate surface area is 205 Å². The van der Waals surface area contributed by atoms with Crippen LogP contribution in [0.25, 0.3) is 0 Å². The van der Waals surface area contributed by atoms with Gasteiger partial charge in [0, 0.05) is 17.0 Å². The molecule has 0 aliphatic carbocycles. The van der Waals surface area contributed by atoms with E-state index in [1.807, 2.05) is 55.5 Å². The lowest BCUT2D eigenvalue weighted by molar-refractivity contribution is -0.149. The molecule has 1 amide bonds. The quantitative estimate of drug-likeness (QED) is 0.549. The van der Waals surface area contributed by atoms with E-state index >= 15 is 0 Å². The van der Waals surface area contributed by atoms with Crippen LogP contribution >= 0.6 is 11.6 Å². The highest BCUT2D eigenvalue weighted by Crippen LogP contribution is 2.34. The van der Waals surface area contributed by atoms with E-state index in [-0.39, 0.29) is 30.4 Å². The fourth-order valence-electron chi connectivity index (χ4n) is 4.51. The number of methoxy groups -OCH3 is 1. The number of hydrogen-bond acceptors (Lipinski definition) is 6. The highest BCUT2D eigenvalue weighted by atomic mass is 35.5. The van der Waals surface area contributed by atoms with Crippen LogP contribution in [0.4, 0.5) is 0 Å². The molecule has 0 bridgehead atoms. The van der Waals surface area contributed by atoms with Crippen molar-refractivity contribution in [2.45, 2.75) is 32.2 Å². The van der Waals surface area contributed by atoms with Gasteiger partial charge in [0.1, 0.15) is 5.75 Å². The molecule has 0 saturated carbocycles. The third-order valence-corrected chi connectivity index (χ3v) is 6.64. The largest absolute Gasteiger partial charge is 0.497 e. The van der Waals surface area contributed by atoms with E-state index in [9.17, 15) is 9.59 Å². The number of piperidine rings is 1. The Morgan fingerprint density at radius 1 is 1.12 bits per heavy atom. The maximum absolute atomic E-state index is 13.4. The number of benzene rings is 2. The van der Waals surface area contributed by atoms with Gasteiger partial charge in [-0.1, -0.05) is 35.9 Å². The van der Waals surface area contributed by atoms with E-state index in [2.05, 4.69) is 4.90 Å². The smallest absolute Gasteiger partial charge is 0.309 e. The van der Waals surface area contributed by atoms with E-state index in [1.165, 1.54) is 0 Å². The summed E-state index contributed by atoms with van der Waals surface area (Å²) in [6.45, 7) is 3.84. The zero-order valence-corrected chi connectivity index (χ0v) is 20.3. The molecule has 8 heteroatoms. The number of carbonyl (C=O) groups excluding carboxylic acids is 2. The molecule has 1 saturated heterocycles. The normalized spacial score (nSPS) is 19.1. The van der Waals surface area contributed by atoms with Crippen molar-refractivity contribution >= 4 is 29.2 Å². The second-order valence-electron chi connectivity index (χ2n) is 8.59. The van der Waals surface area contributed by atoms with Gasteiger partial charge >= 0.3 is 5.97 Å². The van der Waals surface area contributed by atoms with Gasteiger partial charge in [-0.2, -0.15) is 5.10 Å². The van der Waals surface area contributed by atoms with Crippen LogP contribution in [0.15, 0.2) is 53.6 Å². The first-order valence-electron chi connectivity index (χ1n) is 11.7. The predicted molar refractivity (Wildman–Crippen MR) is 131 cm³/mol. The van der Waals surface area contributed by atoms with Crippen LogP contribution in [0.2, 0.25) is 5.02 Å². The molecule has 2 aliphatic rings. The molecular formula is C26H30ClN3O4. The highest BCUT2D eigenvalue weighted by molar-refractivity contribution is 6.30. The Morgan fingerprint density at radius 2 is 1.85 bits per heavy atom. The average molecular weight is 484 g/mol. The van der Waals surface area contributed by atoms with Crippen LogP contribution < -0.4 is 4.74 Å². The minimum absolute atomic E-state index is 0.0626. The Morgan fingerprint density at radius 3 is 2.53 bits per heavy atom. The summed E-state index contributed by atoms with van der Waals surface area (Å²) in [5.41, 5.74) is 2.76. The molecule has 1 atom stereocenters. The number of ether oxygens (including phenoxy) is 2. The van der Waals surface area contributed by atoms with Crippen molar-refractivity contribution in [2.24, 2.45) is 11.0 Å². The van der Waals surface area contributed by atoms with Gasteiger partial charge in [0.05, 0.1) is 37.9 Å². The van der Waals surface area contributed by atoms with Crippen LogP contribution in [-0.4, -0.2) is 60.8 Å². The predicted octanol–water partition coefficient (Wildman–Crippen LogP) is 4.30. The van der Waals surface area contributed by atoms with E-state index in [4.69, 9.17) is 26.2 Å².